The molecule has 0 radical (unpaired) electrons. The molecule has 0 atom stereocenters. The normalized spacial score (nSPS) is 10.1. The Hall–Kier alpha value is -2.22. The molecule has 0 saturated carbocycles. The molecule has 0 unspecified atom stereocenters. The third-order valence-electron chi connectivity index (χ3n) is 2.75. The highest BCUT2D eigenvalue weighted by molar-refractivity contribution is 6.41. The molecule has 0 aliphatic heterocycles. The summed E-state index contributed by atoms with van der Waals surface area (Å²) in [6.07, 6.45) is 0. The molecule has 2 aromatic rings. The molecule has 0 aliphatic rings. The van der Waals surface area contributed by atoms with Gasteiger partial charge in [0.2, 0.25) is 0 Å². The molecule has 126 valence electrons. The first kappa shape index (κ1) is 18.1. The summed E-state index contributed by atoms with van der Waals surface area (Å²) in [5.74, 6) is -0.601. The molecule has 2 N–H and O–H groups in total. The number of para-hydroxylation sites is 2. The summed E-state index contributed by atoms with van der Waals surface area (Å²) in [5.41, 5.74) is 4.90. The van der Waals surface area contributed by atoms with Gasteiger partial charge in [-0.15, -0.1) is 0 Å². The van der Waals surface area contributed by atoms with E-state index in [-0.39, 0.29) is 27.2 Å². The van der Waals surface area contributed by atoms with Gasteiger partial charge in [-0.3, -0.25) is 25.8 Å². The van der Waals surface area contributed by atoms with E-state index in [0.717, 1.165) is 0 Å². The zero-order valence-electron chi connectivity index (χ0n) is 11.9. The standard InChI is InChI=1S/C14H10Cl3N3O4/c15-8-5-9(16)14(10(17)6-8)19-18-13(21)7-24-12-4-2-1-3-11(12)20(22)23/h1-6,19H,7H2,(H,18,21). The van der Waals surface area contributed by atoms with Crippen molar-refractivity contribution in [2.75, 3.05) is 12.0 Å². The van der Waals surface area contributed by atoms with E-state index >= 15 is 0 Å². The number of anilines is 1. The lowest BCUT2D eigenvalue weighted by atomic mass is 10.3. The van der Waals surface area contributed by atoms with Gasteiger partial charge < -0.3 is 4.74 Å². The second-order valence-corrected chi connectivity index (χ2v) is 5.68. The summed E-state index contributed by atoms with van der Waals surface area (Å²) in [5, 5.41) is 11.6. The fourth-order valence-corrected chi connectivity index (χ4v) is 2.61. The number of amides is 1. The van der Waals surface area contributed by atoms with Crippen LogP contribution in [0.3, 0.4) is 0 Å². The molecule has 1 amide bonds. The largest absolute Gasteiger partial charge is 0.477 e. The molecule has 2 rings (SSSR count). The Kier molecular flexibility index (Phi) is 6.08. The lowest BCUT2D eigenvalue weighted by Gasteiger charge is -2.12. The molecular formula is C14H10Cl3N3O4. The summed E-state index contributed by atoms with van der Waals surface area (Å²) in [6.45, 7) is -0.444. The first-order valence-corrected chi connectivity index (χ1v) is 7.57. The van der Waals surface area contributed by atoms with E-state index < -0.39 is 17.4 Å². The topological polar surface area (TPSA) is 93.5 Å². The maximum Gasteiger partial charge on any atom is 0.310 e. The highest BCUT2D eigenvalue weighted by atomic mass is 35.5. The van der Waals surface area contributed by atoms with Gasteiger partial charge in [0.25, 0.3) is 5.91 Å². The first-order chi connectivity index (χ1) is 11.4. The van der Waals surface area contributed by atoms with Gasteiger partial charge in [-0.05, 0) is 18.2 Å². The molecule has 2 aromatic carbocycles. The zero-order valence-corrected chi connectivity index (χ0v) is 14.2. The number of hydrogen-bond acceptors (Lipinski definition) is 5. The van der Waals surface area contributed by atoms with Crippen LogP contribution >= 0.6 is 34.8 Å². The minimum atomic E-state index is -0.598. The zero-order chi connectivity index (χ0) is 17.7. The van der Waals surface area contributed by atoms with Crippen LogP contribution in [0.2, 0.25) is 15.1 Å². The van der Waals surface area contributed by atoms with Crippen LogP contribution in [0.4, 0.5) is 11.4 Å². The Morgan fingerprint density at radius 3 is 2.42 bits per heavy atom. The van der Waals surface area contributed by atoms with Crippen molar-refractivity contribution in [3.05, 3.63) is 61.6 Å². The third-order valence-corrected chi connectivity index (χ3v) is 3.57. The first-order valence-electron chi connectivity index (χ1n) is 6.44. The molecule has 7 nitrogen and oxygen atoms in total. The fourth-order valence-electron chi connectivity index (χ4n) is 1.70. The minimum Gasteiger partial charge on any atom is -0.477 e. The number of carbonyl (C=O) groups is 1. The van der Waals surface area contributed by atoms with Crippen molar-refractivity contribution < 1.29 is 14.5 Å². The van der Waals surface area contributed by atoms with Gasteiger partial charge in [0.1, 0.15) is 0 Å². The summed E-state index contributed by atoms with van der Waals surface area (Å²) in [4.78, 5) is 22.0. The Bertz CT molecular complexity index is 763. The van der Waals surface area contributed by atoms with Gasteiger partial charge in [-0.25, -0.2) is 0 Å². The Labute approximate surface area is 151 Å². The van der Waals surface area contributed by atoms with Gasteiger partial charge in [-0.1, -0.05) is 46.9 Å². The van der Waals surface area contributed by atoms with Crippen molar-refractivity contribution in [1.82, 2.24) is 5.43 Å². The van der Waals surface area contributed by atoms with Crippen LogP contribution in [0.25, 0.3) is 0 Å². The lowest BCUT2D eigenvalue weighted by molar-refractivity contribution is -0.385. The van der Waals surface area contributed by atoms with Crippen LogP contribution in [0, 0.1) is 10.1 Å². The van der Waals surface area contributed by atoms with Crippen molar-refractivity contribution in [2.24, 2.45) is 0 Å². The molecule has 0 aliphatic carbocycles. The highest BCUT2D eigenvalue weighted by Crippen LogP contribution is 2.33. The number of benzene rings is 2. The van der Waals surface area contributed by atoms with Crippen LogP contribution in [-0.4, -0.2) is 17.4 Å². The Balaban J connectivity index is 1.95. The molecule has 24 heavy (non-hydrogen) atoms. The quantitative estimate of drug-likeness (QED) is 0.572. The van der Waals surface area contributed by atoms with Crippen LogP contribution < -0.4 is 15.6 Å². The average molecular weight is 391 g/mol. The van der Waals surface area contributed by atoms with E-state index in [1.807, 2.05) is 0 Å². The summed E-state index contributed by atoms with van der Waals surface area (Å²) in [7, 11) is 0. The van der Waals surface area contributed by atoms with Gasteiger partial charge >= 0.3 is 5.69 Å². The average Bonchev–Trinajstić information content (AvgIpc) is 2.52. The molecule has 10 heteroatoms. The maximum absolute atomic E-state index is 11.8. The number of nitrogens with zero attached hydrogens (tertiary/aromatic N) is 1. The molecule has 0 saturated heterocycles. The van der Waals surface area contributed by atoms with Gasteiger partial charge in [0.05, 0.1) is 20.7 Å². The van der Waals surface area contributed by atoms with Crippen molar-refractivity contribution >= 4 is 52.1 Å². The number of hydrogen-bond donors (Lipinski definition) is 2. The van der Waals surface area contributed by atoms with Gasteiger partial charge in [-0.2, -0.15) is 0 Å². The number of carbonyl (C=O) groups excluding carboxylic acids is 1. The van der Waals surface area contributed by atoms with Crippen molar-refractivity contribution in [3.8, 4) is 5.75 Å². The van der Waals surface area contributed by atoms with Crippen LogP contribution in [0.5, 0.6) is 5.75 Å². The van der Waals surface area contributed by atoms with Crippen molar-refractivity contribution in [2.45, 2.75) is 0 Å². The predicted molar refractivity (Wildman–Crippen MR) is 91.8 cm³/mol. The number of rotatable bonds is 6. The molecule has 0 heterocycles. The van der Waals surface area contributed by atoms with Crippen molar-refractivity contribution in [3.63, 3.8) is 0 Å². The van der Waals surface area contributed by atoms with Gasteiger partial charge in [0.15, 0.2) is 12.4 Å². The SMILES string of the molecule is O=C(COc1ccccc1[N+](=O)[O-])NNc1c(Cl)cc(Cl)cc1Cl. The summed E-state index contributed by atoms with van der Waals surface area (Å²) in [6, 6.07) is 8.63. The number of hydrazine groups is 1. The number of halogens is 3. The molecule has 0 fully saturated rings. The second kappa shape index (κ2) is 8.05. The summed E-state index contributed by atoms with van der Waals surface area (Å²) >= 11 is 17.7. The maximum atomic E-state index is 11.8. The number of nitrogens with one attached hydrogen (secondary N) is 2. The number of nitro groups is 1. The minimum absolute atomic E-state index is 0.0137. The van der Waals surface area contributed by atoms with E-state index in [1.165, 1.54) is 30.3 Å². The smallest absolute Gasteiger partial charge is 0.310 e. The molecule has 0 bridgehead atoms. The van der Waals surface area contributed by atoms with Gasteiger partial charge in [0, 0.05) is 11.1 Å². The Morgan fingerprint density at radius 2 is 1.79 bits per heavy atom. The van der Waals surface area contributed by atoms with E-state index in [1.54, 1.807) is 6.07 Å². The monoisotopic (exact) mass is 389 g/mol. The molecule has 0 spiro atoms. The van der Waals surface area contributed by atoms with Crippen LogP contribution in [0.1, 0.15) is 0 Å². The molecular weight excluding hydrogens is 381 g/mol. The van der Waals surface area contributed by atoms with E-state index in [0.29, 0.717) is 5.02 Å². The molecule has 0 aromatic heterocycles. The fraction of sp³-hybridized carbons (Fsp3) is 0.0714. The number of ether oxygens (including phenoxy) is 1. The highest BCUT2D eigenvalue weighted by Gasteiger charge is 2.15. The van der Waals surface area contributed by atoms with E-state index in [2.05, 4.69) is 10.9 Å². The third kappa shape index (κ3) is 4.64. The van der Waals surface area contributed by atoms with Crippen molar-refractivity contribution in [1.29, 1.82) is 0 Å². The van der Waals surface area contributed by atoms with Crippen LogP contribution in [-0.2, 0) is 4.79 Å². The van der Waals surface area contributed by atoms with E-state index in [4.69, 9.17) is 39.5 Å². The number of nitro benzene ring substituents is 1. The lowest BCUT2D eigenvalue weighted by Crippen LogP contribution is -2.33. The summed E-state index contributed by atoms with van der Waals surface area (Å²) < 4.78 is 5.15. The predicted octanol–water partition coefficient (Wildman–Crippen LogP) is 4.08. The second-order valence-electron chi connectivity index (χ2n) is 4.43. The Morgan fingerprint density at radius 1 is 1.17 bits per heavy atom. The van der Waals surface area contributed by atoms with Crippen LogP contribution in [0.15, 0.2) is 36.4 Å². The van der Waals surface area contributed by atoms with E-state index in [9.17, 15) is 14.9 Å².